The van der Waals surface area contributed by atoms with E-state index in [1.807, 2.05) is 12.1 Å². The van der Waals surface area contributed by atoms with Crippen molar-refractivity contribution < 1.29 is 4.74 Å². The average molecular weight is 339 g/mol. The van der Waals surface area contributed by atoms with Gasteiger partial charge in [-0.05, 0) is 43.5 Å². The molecule has 4 rings (SSSR count). The third kappa shape index (κ3) is 3.47. The molecule has 1 aromatic heterocycles. The van der Waals surface area contributed by atoms with E-state index in [4.69, 9.17) is 4.74 Å². The summed E-state index contributed by atoms with van der Waals surface area (Å²) in [5, 5.41) is 0. The number of fused-ring (bicyclic) bond motifs is 1. The number of nitrogens with zero attached hydrogens (tertiary/aromatic N) is 3. The Balaban J connectivity index is 1.50. The van der Waals surface area contributed by atoms with Crippen molar-refractivity contribution in [1.82, 2.24) is 14.5 Å². The molecule has 25 heavy (non-hydrogen) atoms. The van der Waals surface area contributed by atoms with Crippen LogP contribution in [0, 0.1) is 0 Å². The maximum absolute atomic E-state index is 12.0. The summed E-state index contributed by atoms with van der Waals surface area (Å²) in [7, 11) is 1.69. The van der Waals surface area contributed by atoms with Gasteiger partial charge in [0.15, 0.2) is 0 Å². The first kappa shape index (κ1) is 16.3. The number of rotatable bonds is 4. The predicted octanol–water partition coefficient (Wildman–Crippen LogP) is 2.58. The molecule has 0 N–H and O–H groups in total. The number of methoxy groups -OCH3 is 1. The Hall–Kier alpha value is -2.14. The van der Waals surface area contributed by atoms with Gasteiger partial charge in [-0.15, -0.1) is 0 Å². The molecule has 0 spiro atoms. The van der Waals surface area contributed by atoms with Crippen molar-refractivity contribution >= 4 is 0 Å². The molecule has 1 atom stereocenters. The number of aromatic nitrogens is 2. The zero-order chi connectivity index (χ0) is 17.2. The zero-order valence-corrected chi connectivity index (χ0v) is 14.8. The lowest BCUT2D eigenvalue weighted by molar-refractivity contribution is 0.196. The van der Waals surface area contributed by atoms with Crippen molar-refractivity contribution in [3.63, 3.8) is 0 Å². The SMILES string of the molecule is COc1ccc(CN2CCC[C@@H](c3cc(=O)nc4n3CCC4)C2)cc1. The highest BCUT2D eigenvalue weighted by molar-refractivity contribution is 5.27. The Labute approximate surface area is 148 Å². The van der Waals surface area contributed by atoms with Gasteiger partial charge in [0, 0.05) is 43.7 Å². The number of hydrogen-bond donors (Lipinski definition) is 0. The zero-order valence-electron chi connectivity index (χ0n) is 14.8. The lowest BCUT2D eigenvalue weighted by atomic mass is 9.93. The molecule has 0 amide bonds. The van der Waals surface area contributed by atoms with Crippen molar-refractivity contribution in [2.24, 2.45) is 0 Å². The molecule has 0 saturated carbocycles. The highest BCUT2D eigenvalue weighted by atomic mass is 16.5. The van der Waals surface area contributed by atoms with E-state index in [0.29, 0.717) is 5.92 Å². The van der Waals surface area contributed by atoms with Gasteiger partial charge in [0.25, 0.3) is 5.56 Å². The van der Waals surface area contributed by atoms with E-state index in [1.165, 1.54) is 17.7 Å². The summed E-state index contributed by atoms with van der Waals surface area (Å²) in [5.41, 5.74) is 2.43. The molecule has 2 aromatic rings. The van der Waals surface area contributed by atoms with Crippen LogP contribution in [0.1, 0.15) is 42.3 Å². The van der Waals surface area contributed by atoms with Crippen LogP contribution in [-0.2, 0) is 19.5 Å². The van der Waals surface area contributed by atoms with Crippen LogP contribution in [0.5, 0.6) is 5.75 Å². The monoisotopic (exact) mass is 339 g/mol. The van der Waals surface area contributed by atoms with E-state index in [9.17, 15) is 4.79 Å². The highest BCUT2D eigenvalue weighted by Crippen LogP contribution is 2.29. The van der Waals surface area contributed by atoms with Crippen LogP contribution in [-0.4, -0.2) is 34.7 Å². The van der Waals surface area contributed by atoms with Crippen molar-refractivity contribution in [1.29, 1.82) is 0 Å². The molecule has 1 aromatic carbocycles. The summed E-state index contributed by atoms with van der Waals surface area (Å²) in [4.78, 5) is 18.7. The Bertz CT molecular complexity index is 798. The molecule has 5 nitrogen and oxygen atoms in total. The van der Waals surface area contributed by atoms with Gasteiger partial charge in [0.2, 0.25) is 0 Å². The second-order valence-electron chi connectivity index (χ2n) is 7.11. The van der Waals surface area contributed by atoms with Gasteiger partial charge in [-0.3, -0.25) is 9.69 Å². The van der Waals surface area contributed by atoms with E-state index in [1.54, 1.807) is 13.2 Å². The van der Waals surface area contributed by atoms with Gasteiger partial charge >= 0.3 is 0 Å². The molecular weight excluding hydrogens is 314 g/mol. The molecule has 3 heterocycles. The Morgan fingerprint density at radius 2 is 2.04 bits per heavy atom. The fourth-order valence-corrected chi connectivity index (χ4v) is 4.19. The topological polar surface area (TPSA) is 47.4 Å². The van der Waals surface area contributed by atoms with Gasteiger partial charge < -0.3 is 9.30 Å². The standard InChI is InChI=1S/C20H25N3O2/c1-25-17-8-6-15(7-9-17)13-22-10-2-4-16(14-22)18-12-20(24)21-19-5-3-11-23(18)19/h6-9,12,16H,2-5,10-11,13-14H2,1H3/t16-/m1/s1. The van der Waals surface area contributed by atoms with E-state index < -0.39 is 0 Å². The Kier molecular flexibility index (Phi) is 4.57. The minimum absolute atomic E-state index is 0.0737. The fourth-order valence-electron chi connectivity index (χ4n) is 4.19. The molecule has 2 aliphatic heterocycles. The summed E-state index contributed by atoms with van der Waals surface area (Å²) in [6.07, 6.45) is 4.37. The lowest BCUT2D eigenvalue weighted by Crippen LogP contribution is -2.35. The van der Waals surface area contributed by atoms with Crippen LogP contribution < -0.4 is 10.3 Å². The van der Waals surface area contributed by atoms with E-state index in [0.717, 1.165) is 57.0 Å². The van der Waals surface area contributed by atoms with Crippen molar-refractivity contribution in [3.8, 4) is 5.75 Å². The van der Waals surface area contributed by atoms with Gasteiger partial charge in [-0.2, -0.15) is 4.98 Å². The normalized spacial score (nSPS) is 20.4. The number of hydrogen-bond acceptors (Lipinski definition) is 4. The number of piperidine rings is 1. The second-order valence-corrected chi connectivity index (χ2v) is 7.11. The van der Waals surface area contributed by atoms with Crippen molar-refractivity contribution in [2.75, 3.05) is 20.2 Å². The maximum Gasteiger partial charge on any atom is 0.273 e. The molecule has 0 radical (unpaired) electrons. The van der Waals surface area contributed by atoms with Crippen LogP contribution in [0.15, 0.2) is 35.1 Å². The smallest absolute Gasteiger partial charge is 0.273 e. The third-order valence-electron chi connectivity index (χ3n) is 5.40. The van der Waals surface area contributed by atoms with E-state index in [-0.39, 0.29) is 5.56 Å². The Morgan fingerprint density at radius 3 is 2.84 bits per heavy atom. The van der Waals surface area contributed by atoms with Crippen LogP contribution >= 0.6 is 0 Å². The highest BCUT2D eigenvalue weighted by Gasteiger charge is 2.26. The molecule has 0 bridgehead atoms. The lowest BCUT2D eigenvalue weighted by Gasteiger charge is -2.34. The van der Waals surface area contributed by atoms with Gasteiger partial charge in [-0.25, -0.2) is 0 Å². The van der Waals surface area contributed by atoms with Crippen LogP contribution in [0.2, 0.25) is 0 Å². The second kappa shape index (κ2) is 7.00. The summed E-state index contributed by atoms with van der Waals surface area (Å²) < 4.78 is 7.53. The average Bonchev–Trinajstić information content (AvgIpc) is 3.10. The third-order valence-corrected chi connectivity index (χ3v) is 5.40. The van der Waals surface area contributed by atoms with Crippen LogP contribution in [0.3, 0.4) is 0 Å². The number of likely N-dealkylation sites (tertiary alicyclic amines) is 1. The number of benzene rings is 1. The first-order valence-corrected chi connectivity index (χ1v) is 9.19. The van der Waals surface area contributed by atoms with Crippen molar-refractivity contribution in [2.45, 2.75) is 44.7 Å². The Morgan fingerprint density at radius 1 is 1.20 bits per heavy atom. The van der Waals surface area contributed by atoms with Crippen LogP contribution in [0.4, 0.5) is 0 Å². The first-order chi connectivity index (χ1) is 12.2. The molecule has 1 fully saturated rings. The molecule has 5 heteroatoms. The summed E-state index contributed by atoms with van der Waals surface area (Å²) in [6, 6.07) is 10.1. The van der Waals surface area contributed by atoms with E-state index >= 15 is 0 Å². The largest absolute Gasteiger partial charge is 0.497 e. The minimum Gasteiger partial charge on any atom is -0.497 e. The van der Waals surface area contributed by atoms with Gasteiger partial charge in [0.05, 0.1) is 7.11 Å². The fraction of sp³-hybridized carbons (Fsp3) is 0.500. The quantitative estimate of drug-likeness (QED) is 0.859. The summed E-state index contributed by atoms with van der Waals surface area (Å²) in [6.45, 7) is 4.08. The van der Waals surface area contributed by atoms with Crippen LogP contribution in [0.25, 0.3) is 0 Å². The summed E-state index contributed by atoms with van der Waals surface area (Å²) >= 11 is 0. The summed E-state index contributed by atoms with van der Waals surface area (Å²) in [5.74, 6) is 2.31. The predicted molar refractivity (Wildman–Crippen MR) is 97.1 cm³/mol. The molecule has 2 aliphatic rings. The van der Waals surface area contributed by atoms with E-state index in [2.05, 4.69) is 26.6 Å². The molecule has 132 valence electrons. The van der Waals surface area contributed by atoms with Gasteiger partial charge in [-0.1, -0.05) is 12.1 Å². The molecule has 0 unspecified atom stereocenters. The van der Waals surface area contributed by atoms with Gasteiger partial charge in [0.1, 0.15) is 11.6 Å². The molecule has 1 saturated heterocycles. The maximum atomic E-state index is 12.0. The van der Waals surface area contributed by atoms with Crippen molar-refractivity contribution in [3.05, 3.63) is 57.8 Å². The number of aryl methyl sites for hydroxylation is 1. The molecule has 0 aliphatic carbocycles. The first-order valence-electron chi connectivity index (χ1n) is 9.19. The number of ether oxygens (including phenoxy) is 1. The molecular formula is C20H25N3O2. The minimum atomic E-state index is -0.0737.